The van der Waals surface area contributed by atoms with Crippen LogP contribution in [0.15, 0.2) is 91.0 Å². The molecule has 2 aliphatic heterocycles. The molecule has 0 N–H and O–H groups in total. The van der Waals surface area contributed by atoms with E-state index in [1.54, 1.807) is 0 Å². The van der Waals surface area contributed by atoms with Crippen molar-refractivity contribution >= 4 is 40.2 Å². The minimum absolute atomic E-state index is 0.000361. The fraction of sp³-hybridized carbons (Fsp3) is 0.356. The van der Waals surface area contributed by atoms with Gasteiger partial charge in [-0.05, 0) is 98.0 Å². The molecule has 0 bridgehead atoms. The van der Waals surface area contributed by atoms with Crippen molar-refractivity contribution < 1.29 is 4.74 Å². The van der Waals surface area contributed by atoms with E-state index >= 15 is 0 Å². The topological polar surface area (TPSA) is 25.4 Å². The van der Waals surface area contributed by atoms with Crippen LogP contribution in [0.2, 0.25) is 0 Å². The van der Waals surface area contributed by atoms with E-state index in [9.17, 15) is 0 Å². The first-order chi connectivity index (χ1) is 23.0. The first kappa shape index (κ1) is 31.9. The Balaban J connectivity index is 1.45. The molecule has 49 heavy (non-hydrogen) atoms. The highest BCUT2D eigenvalue weighted by molar-refractivity contribution is 6.99. The maximum atomic E-state index is 7.04. The van der Waals surface area contributed by atoms with Gasteiger partial charge in [0.05, 0.1) is 5.69 Å². The fourth-order valence-electron chi connectivity index (χ4n) is 8.29. The number of hydrogen-bond donors (Lipinski definition) is 0. The Hall–Kier alpha value is -4.31. The summed E-state index contributed by atoms with van der Waals surface area (Å²) in [5.41, 5.74) is 15.0. The van der Waals surface area contributed by atoms with E-state index in [4.69, 9.17) is 9.72 Å². The van der Waals surface area contributed by atoms with Crippen LogP contribution in [-0.4, -0.2) is 11.7 Å². The van der Waals surface area contributed by atoms with Crippen molar-refractivity contribution in [1.29, 1.82) is 0 Å². The van der Waals surface area contributed by atoms with Gasteiger partial charge >= 0.3 is 0 Å². The van der Waals surface area contributed by atoms with E-state index in [1.807, 2.05) is 0 Å². The maximum Gasteiger partial charge on any atom is 0.258 e. The van der Waals surface area contributed by atoms with Crippen LogP contribution in [0.25, 0.3) is 11.3 Å². The first-order valence-electron chi connectivity index (χ1n) is 18.1. The van der Waals surface area contributed by atoms with Gasteiger partial charge in [-0.1, -0.05) is 130 Å². The molecule has 3 nitrogen and oxygen atoms in total. The quantitative estimate of drug-likeness (QED) is 0.175. The molecule has 5 aromatic rings. The van der Waals surface area contributed by atoms with Crippen molar-refractivity contribution in [3.8, 4) is 22.9 Å². The summed E-state index contributed by atoms with van der Waals surface area (Å²) in [6.45, 7) is 23.4. The Morgan fingerprint density at radius 3 is 1.90 bits per heavy atom. The minimum atomic E-state index is -0.000361. The molecule has 3 aliphatic rings. The lowest BCUT2D eigenvalue weighted by molar-refractivity contribution is 0.330. The van der Waals surface area contributed by atoms with Crippen LogP contribution >= 0.6 is 0 Å². The van der Waals surface area contributed by atoms with Crippen molar-refractivity contribution in [2.75, 3.05) is 4.90 Å². The van der Waals surface area contributed by atoms with Crippen LogP contribution in [0, 0.1) is 0 Å². The normalized spacial score (nSPS) is 17.0. The molecule has 248 valence electrons. The summed E-state index contributed by atoms with van der Waals surface area (Å²) in [6, 6.07) is 34.0. The highest BCUT2D eigenvalue weighted by atomic mass is 16.5. The van der Waals surface area contributed by atoms with Gasteiger partial charge in [-0.15, -0.1) is 0 Å². The number of pyridine rings is 1. The Kier molecular flexibility index (Phi) is 6.91. The molecule has 0 saturated heterocycles. The SMILES string of the molecule is CC(C)(C)c1ccc(N2c3ccc(C(C)(C)C)cc3B3c4cc5c(cc4Oc4nc(-c6ccccc6)cc2c43)C(C)(C)CCC5(C)C)cc1. The third-order valence-corrected chi connectivity index (χ3v) is 11.5. The van der Waals surface area contributed by atoms with Gasteiger partial charge < -0.3 is 9.64 Å². The summed E-state index contributed by atoms with van der Waals surface area (Å²) < 4.78 is 7.04. The van der Waals surface area contributed by atoms with Gasteiger partial charge in [0.25, 0.3) is 6.71 Å². The van der Waals surface area contributed by atoms with Crippen LogP contribution in [-0.2, 0) is 21.7 Å². The molecule has 0 unspecified atom stereocenters. The third kappa shape index (κ3) is 5.13. The van der Waals surface area contributed by atoms with Gasteiger partial charge in [-0.2, -0.15) is 0 Å². The average molecular weight is 645 g/mol. The second kappa shape index (κ2) is 10.6. The third-order valence-electron chi connectivity index (χ3n) is 11.5. The summed E-state index contributed by atoms with van der Waals surface area (Å²) in [5.74, 6) is 1.66. The molecule has 0 amide bonds. The minimum Gasteiger partial charge on any atom is -0.440 e. The van der Waals surface area contributed by atoms with E-state index in [1.165, 1.54) is 45.3 Å². The number of hydrogen-bond acceptors (Lipinski definition) is 3. The monoisotopic (exact) mass is 644 g/mol. The molecule has 0 fully saturated rings. The zero-order valence-electron chi connectivity index (χ0n) is 31.0. The molecule has 0 radical (unpaired) electrons. The summed E-state index contributed by atoms with van der Waals surface area (Å²) in [7, 11) is 0. The lowest BCUT2D eigenvalue weighted by Crippen LogP contribution is -2.60. The van der Waals surface area contributed by atoms with E-state index < -0.39 is 0 Å². The number of fused-ring (bicyclic) bond motifs is 5. The lowest BCUT2D eigenvalue weighted by Gasteiger charge is -2.44. The van der Waals surface area contributed by atoms with E-state index in [0.717, 1.165) is 40.3 Å². The van der Waals surface area contributed by atoms with Crippen LogP contribution in [0.1, 0.15) is 104 Å². The summed E-state index contributed by atoms with van der Waals surface area (Å²) in [4.78, 5) is 7.78. The average Bonchev–Trinajstić information content (AvgIpc) is 3.05. The molecule has 4 aromatic carbocycles. The number of nitrogens with zero attached hydrogens (tertiary/aromatic N) is 2. The number of ether oxygens (including phenoxy) is 1. The van der Waals surface area contributed by atoms with Crippen molar-refractivity contribution in [2.45, 2.75) is 104 Å². The van der Waals surface area contributed by atoms with E-state index in [0.29, 0.717) is 5.88 Å². The van der Waals surface area contributed by atoms with Gasteiger partial charge in [0.15, 0.2) is 0 Å². The Morgan fingerprint density at radius 2 is 1.27 bits per heavy atom. The van der Waals surface area contributed by atoms with Gasteiger partial charge in [0.2, 0.25) is 5.88 Å². The number of rotatable bonds is 2. The second-order valence-electron chi connectivity index (χ2n) is 18.0. The Bertz CT molecular complexity index is 2110. The van der Waals surface area contributed by atoms with Crippen LogP contribution in [0.4, 0.5) is 17.1 Å². The highest BCUT2D eigenvalue weighted by Crippen LogP contribution is 2.49. The second-order valence-corrected chi connectivity index (χ2v) is 18.0. The number of anilines is 3. The Labute approximate surface area is 293 Å². The first-order valence-corrected chi connectivity index (χ1v) is 18.1. The zero-order valence-corrected chi connectivity index (χ0v) is 31.0. The molecular formula is C45H49BN2O. The summed E-state index contributed by atoms with van der Waals surface area (Å²) >= 11 is 0. The van der Waals surface area contributed by atoms with Crippen molar-refractivity contribution in [2.24, 2.45) is 0 Å². The molecular weight excluding hydrogens is 595 g/mol. The van der Waals surface area contributed by atoms with E-state index in [2.05, 4.69) is 165 Å². The smallest absolute Gasteiger partial charge is 0.258 e. The molecule has 8 rings (SSSR count). The van der Waals surface area contributed by atoms with E-state index in [-0.39, 0.29) is 28.4 Å². The van der Waals surface area contributed by atoms with Crippen LogP contribution < -0.4 is 26.0 Å². The van der Waals surface area contributed by atoms with Crippen molar-refractivity contribution in [3.05, 3.63) is 113 Å². The lowest BCUT2D eigenvalue weighted by atomic mass is 9.34. The molecule has 0 spiro atoms. The fourth-order valence-corrected chi connectivity index (χ4v) is 8.29. The van der Waals surface area contributed by atoms with Crippen LogP contribution in [0.5, 0.6) is 11.6 Å². The molecule has 0 saturated carbocycles. The standard InChI is InChI=1S/C45H49BN2O/c1-42(2,3)29-16-19-31(20-17-29)48-37-21-18-30(43(4,5)6)24-34(37)46-35-25-32-33(45(9,10)23-22-44(32,7)8)26-39(35)49-41-40(46)38(48)27-36(47-41)28-14-12-11-13-15-28/h11-21,24-27H,22-23H2,1-10H3. The number of aromatic nitrogens is 1. The van der Waals surface area contributed by atoms with Crippen molar-refractivity contribution in [1.82, 2.24) is 4.98 Å². The van der Waals surface area contributed by atoms with Gasteiger partial charge in [-0.25, -0.2) is 4.98 Å². The number of benzene rings is 4. The van der Waals surface area contributed by atoms with Gasteiger partial charge in [-0.3, -0.25) is 0 Å². The predicted molar refractivity (Wildman–Crippen MR) is 208 cm³/mol. The molecule has 1 aliphatic carbocycles. The highest BCUT2D eigenvalue weighted by Gasteiger charge is 2.46. The maximum absolute atomic E-state index is 7.04. The van der Waals surface area contributed by atoms with Crippen molar-refractivity contribution in [3.63, 3.8) is 0 Å². The van der Waals surface area contributed by atoms with Crippen LogP contribution in [0.3, 0.4) is 0 Å². The largest absolute Gasteiger partial charge is 0.440 e. The summed E-state index contributed by atoms with van der Waals surface area (Å²) in [6.07, 6.45) is 2.33. The zero-order chi connectivity index (χ0) is 34.7. The summed E-state index contributed by atoms with van der Waals surface area (Å²) in [5, 5.41) is 0. The van der Waals surface area contributed by atoms with Gasteiger partial charge in [0.1, 0.15) is 5.75 Å². The Morgan fingerprint density at radius 1 is 0.653 bits per heavy atom. The molecule has 4 heteroatoms. The molecule has 3 heterocycles. The molecule has 1 aromatic heterocycles. The molecule has 0 atom stereocenters. The van der Waals surface area contributed by atoms with Gasteiger partial charge in [0, 0.05) is 28.1 Å². The predicted octanol–water partition coefficient (Wildman–Crippen LogP) is 10.1.